The van der Waals surface area contributed by atoms with Gasteiger partial charge in [0, 0.05) is 17.2 Å². The molecule has 1 heterocycles. The van der Waals surface area contributed by atoms with Gasteiger partial charge in [0.15, 0.2) is 0 Å². The topological polar surface area (TPSA) is 59.1 Å². The van der Waals surface area contributed by atoms with E-state index in [0.717, 1.165) is 22.5 Å². The summed E-state index contributed by atoms with van der Waals surface area (Å²) in [5, 5.41) is 6.29. The van der Waals surface area contributed by atoms with Crippen LogP contribution in [0.4, 0.5) is 17.5 Å². The Morgan fingerprint density at radius 3 is 2.89 bits per heavy atom. The Hall–Kier alpha value is -1.82. The summed E-state index contributed by atoms with van der Waals surface area (Å²) in [6.45, 7) is 2.78. The summed E-state index contributed by atoms with van der Waals surface area (Å²) in [7, 11) is 1.64. The Morgan fingerprint density at radius 2 is 2.16 bits per heavy atom. The van der Waals surface area contributed by atoms with E-state index in [0.29, 0.717) is 11.8 Å². The minimum absolute atomic E-state index is 0.599. The van der Waals surface area contributed by atoms with E-state index in [1.807, 2.05) is 25.1 Å². The number of nitrogens with zero attached hydrogens (tertiary/aromatic N) is 2. The molecule has 5 nitrogen and oxygen atoms in total. The first-order valence-electron chi connectivity index (χ1n) is 5.90. The van der Waals surface area contributed by atoms with Crippen LogP contribution in [0.5, 0.6) is 5.75 Å². The van der Waals surface area contributed by atoms with Crippen molar-refractivity contribution in [3.8, 4) is 5.75 Å². The van der Waals surface area contributed by atoms with E-state index in [-0.39, 0.29) is 0 Å². The fourth-order valence-corrected chi connectivity index (χ4v) is 1.95. The van der Waals surface area contributed by atoms with Crippen molar-refractivity contribution >= 4 is 33.4 Å². The maximum Gasteiger partial charge on any atom is 0.224 e. The molecule has 0 aliphatic rings. The van der Waals surface area contributed by atoms with Crippen LogP contribution in [0, 0.1) is 0 Å². The number of methoxy groups -OCH3 is 1. The summed E-state index contributed by atoms with van der Waals surface area (Å²) in [5.74, 6) is 2.07. The normalized spacial score (nSPS) is 10.1. The lowest BCUT2D eigenvalue weighted by Crippen LogP contribution is -2.04. The molecule has 0 unspecified atom stereocenters. The molecule has 0 saturated carbocycles. The Bertz CT molecular complexity index is 562. The fraction of sp³-hybridized carbons (Fsp3) is 0.231. The van der Waals surface area contributed by atoms with Gasteiger partial charge >= 0.3 is 0 Å². The second kappa shape index (κ2) is 6.38. The van der Waals surface area contributed by atoms with Crippen molar-refractivity contribution in [1.82, 2.24) is 9.97 Å². The molecule has 0 radical (unpaired) electrons. The van der Waals surface area contributed by atoms with Gasteiger partial charge in [-0.15, -0.1) is 0 Å². The van der Waals surface area contributed by atoms with Crippen LogP contribution < -0.4 is 15.4 Å². The molecule has 0 saturated heterocycles. The van der Waals surface area contributed by atoms with Gasteiger partial charge in [0.25, 0.3) is 0 Å². The van der Waals surface area contributed by atoms with Gasteiger partial charge in [0.2, 0.25) is 5.95 Å². The van der Waals surface area contributed by atoms with Crippen LogP contribution in [0.3, 0.4) is 0 Å². The number of aromatic nitrogens is 2. The molecule has 0 aliphatic heterocycles. The lowest BCUT2D eigenvalue weighted by atomic mass is 10.3. The Balaban J connectivity index is 2.25. The number of ether oxygens (including phenoxy) is 1. The minimum Gasteiger partial charge on any atom is -0.495 e. The van der Waals surface area contributed by atoms with Gasteiger partial charge < -0.3 is 15.4 Å². The fourth-order valence-electron chi connectivity index (χ4n) is 1.59. The zero-order valence-electron chi connectivity index (χ0n) is 10.8. The Kier molecular flexibility index (Phi) is 4.57. The van der Waals surface area contributed by atoms with E-state index in [4.69, 9.17) is 4.74 Å². The summed E-state index contributed by atoms with van der Waals surface area (Å²) in [6.07, 6.45) is 1.71. The van der Waals surface area contributed by atoms with E-state index < -0.39 is 0 Å². The summed E-state index contributed by atoms with van der Waals surface area (Å²) in [4.78, 5) is 8.49. The third-order valence-corrected chi connectivity index (χ3v) is 2.91. The van der Waals surface area contributed by atoms with Gasteiger partial charge in [0.05, 0.1) is 12.8 Å². The molecule has 0 atom stereocenters. The van der Waals surface area contributed by atoms with Crippen molar-refractivity contribution < 1.29 is 4.74 Å². The number of hydrogen-bond donors (Lipinski definition) is 2. The van der Waals surface area contributed by atoms with E-state index in [9.17, 15) is 0 Å². The lowest BCUT2D eigenvalue weighted by molar-refractivity contribution is 0.416. The predicted octanol–water partition coefficient (Wildman–Crippen LogP) is 3.42. The first-order chi connectivity index (χ1) is 9.22. The van der Waals surface area contributed by atoms with Crippen molar-refractivity contribution in [2.75, 3.05) is 24.3 Å². The minimum atomic E-state index is 0.599. The standard InChI is InChI=1S/C13H15BrN4O/c1-3-15-13-16-7-6-12(18-13)17-10-8-9(14)4-5-11(10)19-2/h4-8H,3H2,1-2H3,(H2,15,16,17,18). The Labute approximate surface area is 120 Å². The average molecular weight is 323 g/mol. The van der Waals surface area contributed by atoms with Crippen LogP contribution in [0.25, 0.3) is 0 Å². The molecule has 2 N–H and O–H groups in total. The van der Waals surface area contributed by atoms with Crippen molar-refractivity contribution in [2.45, 2.75) is 6.92 Å². The second-order valence-electron chi connectivity index (χ2n) is 3.77. The number of rotatable bonds is 5. The van der Waals surface area contributed by atoms with Gasteiger partial charge in [-0.25, -0.2) is 4.98 Å². The average Bonchev–Trinajstić information content (AvgIpc) is 2.40. The zero-order valence-corrected chi connectivity index (χ0v) is 12.4. The molecule has 1 aromatic heterocycles. The van der Waals surface area contributed by atoms with E-state index >= 15 is 0 Å². The molecule has 2 rings (SSSR count). The molecule has 1 aromatic carbocycles. The Morgan fingerprint density at radius 1 is 1.32 bits per heavy atom. The summed E-state index contributed by atoms with van der Waals surface area (Å²) in [6, 6.07) is 7.56. The van der Waals surface area contributed by atoms with E-state index in [1.165, 1.54) is 0 Å². The third-order valence-electron chi connectivity index (χ3n) is 2.41. The number of nitrogens with one attached hydrogen (secondary N) is 2. The molecule has 0 bridgehead atoms. The van der Waals surface area contributed by atoms with E-state index in [1.54, 1.807) is 19.4 Å². The maximum absolute atomic E-state index is 5.31. The van der Waals surface area contributed by atoms with Gasteiger partial charge in [-0.1, -0.05) is 15.9 Å². The summed E-state index contributed by atoms with van der Waals surface area (Å²) in [5.41, 5.74) is 0.845. The molecule has 0 spiro atoms. The molecule has 0 amide bonds. The van der Waals surface area contributed by atoms with Crippen molar-refractivity contribution in [2.24, 2.45) is 0 Å². The molecular formula is C13H15BrN4O. The monoisotopic (exact) mass is 322 g/mol. The molecule has 6 heteroatoms. The largest absolute Gasteiger partial charge is 0.495 e. The highest BCUT2D eigenvalue weighted by atomic mass is 79.9. The van der Waals surface area contributed by atoms with Crippen LogP contribution in [0.2, 0.25) is 0 Å². The SMILES string of the molecule is CCNc1nccc(Nc2cc(Br)ccc2OC)n1. The molecule has 100 valence electrons. The third kappa shape index (κ3) is 3.57. The number of halogens is 1. The number of anilines is 3. The first kappa shape index (κ1) is 13.6. The quantitative estimate of drug-likeness (QED) is 0.883. The highest BCUT2D eigenvalue weighted by Gasteiger charge is 2.05. The van der Waals surface area contributed by atoms with E-state index in [2.05, 4.69) is 36.5 Å². The summed E-state index contributed by atoms with van der Waals surface area (Å²) >= 11 is 3.44. The van der Waals surface area contributed by atoms with Gasteiger partial charge in [-0.3, -0.25) is 0 Å². The van der Waals surface area contributed by atoms with Crippen LogP contribution >= 0.6 is 15.9 Å². The van der Waals surface area contributed by atoms with Gasteiger partial charge in [-0.05, 0) is 31.2 Å². The molecule has 2 aromatic rings. The first-order valence-corrected chi connectivity index (χ1v) is 6.69. The molecular weight excluding hydrogens is 308 g/mol. The van der Waals surface area contributed by atoms with Crippen molar-refractivity contribution in [3.05, 3.63) is 34.9 Å². The van der Waals surface area contributed by atoms with Crippen LogP contribution in [-0.4, -0.2) is 23.6 Å². The highest BCUT2D eigenvalue weighted by Crippen LogP contribution is 2.30. The summed E-state index contributed by atoms with van der Waals surface area (Å²) < 4.78 is 6.28. The molecule has 0 fully saturated rings. The van der Waals surface area contributed by atoms with Crippen molar-refractivity contribution in [3.63, 3.8) is 0 Å². The van der Waals surface area contributed by atoms with Gasteiger partial charge in [0.1, 0.15) is 11.6 Å². The highest BCUT2D eigenvalue weighted by molar-refractivity contribution is 9.10. The molecule has 19 heavy (non-hydrogen) atoms. The van der Waals surface area contributed by atoms with Crippen LogP contribution in [-0.2, 0) is 0 Å². The van der Waals surface area contributed by atoms with Crippen molar-refractivity contribution in [1.29, 1.82) is 0 Å². The lowest BCUT2D eigenvalue weighted by Gasteiger charge is -2.11. The number of benzene rings is 1. The van der Waals surface area contributed by atoms with Crippen LogP contribution in [0.1, 0.15) is 6.92 Å². The predicted molar refractivity (Wildman–Crippen MR) is 80.2 cm³/mol. The zero-order chi connectivity index (χ0) is 13.7. The van der Waals surface area contributed by atoms with Crippen LogP contribution in [0.15, 0.2) is 34.9 Å². The molecule has 0 aliphatic carbocycles. The number of hydrogen-bond acceptors (Lipinski definition) is 5. The van der Waals surface area contributed by atoms with Gasteiger partial charge in [-0.2, -0.15) is 4.98 Å². The maximum atomic E-state index is 5.31. The second-order valence-corrected chi connectivity index (χ2v) is 4.68. The smallest absolute Gasteiger partial charge is 0.224 e.